The largest absolute Gasteiger partial charge is 0.486 e. The first-order chi connectivity index (χ1) is 9.72. The summed E-state index contributed by atoms with van der Waals surface area (Å²) in [6, 6.07) is 8.99. The fourth-order valence-electron chi connectivity index (χ4n) is 1.69. The van der Waals surface area contributed by atoms with Crippen molar-refractivity contribution in [1.29, 1.82) is 0 Å². The van der Waals surface area contributed by atoms with Crippen molar-refractivity contribution < 1.29 is 19.1 Å². The predicted molar refractivity (Wildman–Crippen MR) is 71.9 cm³/mol. The third-order valence-corrected chi connectivity index (χ3v) is 2.75. The number of amides is 1. The van der Waals surface area contributed by atoms with E-state index in [4.69, 9.17) is 20.1 Å². The van der Waals surface area contributed by atoms with Crippen LogP contribution in [0.2, 0.25) is 0 Å². The van der Waals surface area contributed by atoms with Crippen LogP contribution in [0, 0.1) is 0 Å². The number of hydrazine groups is 1. The summed E-state index contributed by atoms with van der Waals surface area (Å²) in [6.45, 7) is 0.343. The van der Waals surface area contributed by atoms with Crippen molar-refractivity contribution in [2.75, 3.05) is 6.61 Å². The van der Waals surface area contributed by atoms with Crippen LogP contribution in [0.5, 0.6) is 5.75 Å². The van der Waals surface area contributed by atoms with Crippen LogP contribution in [0.1, 0.15) is 21.7 Å². The minimum absolute atomic E-state index is 0.124. The number of nitrogens with two attached hydrogens (primary N) is 1. The molecular formula is C14H16N2O4. The van der Waals surface area contributed by atoms with Crippen molar-refractivity contribution in [2.24, 2.45) is 5.84 Å². The Morgan fingerprint density at radius 1 is 1.35 bits per heavy atom. The first kappa shape index (κ1) is 14.1. The predicted octanol–water partition coefficient (Wildman–Crippen LogP) is 0.997. The number of furan rings is 1. The third-order valence-electron chi connectivity index (χ3n) is 2.75. The molecule has 0 atom stereocenters. The molecule has 0 spiro atoms. The number of hydrogen-bond acceptors (Lipinski definition) is 5. The minimum Gasteiger partial charge on any atom is -0.486 e. The van der Waals surface area contributed by atoms with Crippen LogP contribution in [0.3, 0.4) is 0 Å². The normalized spacial score (nSPS) is 10.3. The average Bonchev–Trinajstić information content (AvgIpc) is 2.95. The minimum atomic E-state index is -0.409. The molecule has 0 saturated carbocycles. The molecule has 0 unspecified atom stereocenters. The van der Waals surface area contributed by atoms with E-state index in [0.717, 1.165) is 5.56 Å². The van der Waals surface area contributed by atoms with Crippen LogP contribution in [-0.2, 0) is 13.0 Å². The Bertz CT molecular complexity index is 563. The number of benzene rings is 1. The maximum atomic E-state index is 11.2. The van der Waals surface area contributed by atoms with Crippen molar-refractivity contribution in [2.45, 2.75) is 13.0 Å². The highest BCUT2D eigenvalue weighted by Crippen LogP contribution is 2.15. The smallest absolute Gasteiger partial charge is 0.268 e. The Hall–Kier alpha value is -2.31. The lowest BCUT2D eigenvalue weighted by Gasteiger charge is -2.05. The molecule has 1 aromatic heterocycles. The average molecular weight is 276 g/mol. The molecule has 0 aliphatic heterocycles. The van der Waals surface area contributed by atoms with Gasteiger partial charge in [0.1, 0.15) is 24.4 Å². The fourth-order valence-corrected chi connectivity index (χ4v) is 1.69. The van der Waals surface area contributed by atoms with Gasteiger partial charge in [0.05, 0.1) is 5.56 Å². The molecule has 6 heteroatoms. The van der Waals surface area contributed by atoms with E-state index in [1.165, 1.54) is 6.26 Å². The van der Waals surface area contributed by atoms with Crippen LogP contribution in [0.4, 0.5) is 0 Å². The van der Waals surface area contributed by atoms with Crippen molar-refractivity contribution in [1.82, 2.24) is 5.43 Å². The Morgan fingerprint density at radius 3 is 2.75 bits per heavy atom. The second-order valence-corrected chi connectivity index (χ2v) is 4.18. The molecule has 6 nitrogen and oxygen atoms in total. The van der Waals surface area contributed by atoms with Gasteiger partial charge in [0.2, 0.25) is 0 Å². The number of ether oxygens (including phenoxy) is 1. The van der Waals surface area contributed by atoms with Gasteiger partial charge < -0.3 is 14.3 Å². The SMILES string of the molecule is NNC(=O)c1coc(COc2ccc(CCO)cc2)c1. The van der Waals surface area contributed by atoms with Gasteiger partial charge >= 0.3 is 0 Å². The number of carbonyl (C=O) groups is 1. The topological polar surface area (TPSA) is 97.7 Å². The third kappa shape index (κ3) is 3.59. The molecule has 0 radical (unpaired) electrons. The molecule has 2 aromatic rings. The molecular weight excluding hydrogens is 260 g/mol. The van der Waals surface area contributed by atoms with Gasteiger partial charge in [-0.3, -0.25) is 10.2 Å². The number of nitrogen functional groups attached to an aromatic ring is 1. The van der Waals surface area contributed by atoms with E-state index in [0.29, 0.717) is 23.5 Å². The van der Waals surface area contributed by atoms with E-state index in [2.05, 4.69) is 0 Å². The van der Waals surface area contributed by atoms with E-state index in [-0.39, 0.29) is 13.2 Å². The summed E-state index contributed by atoms with van der Waals surface area (Å²) in [6.07, 6.45) is 1.95. The molecule has 1 aromatic carbocycles. The molecule has 0 saturated heterocycles. The van der Waals surface area contributed by atoms with E-state index in [1.54, 1.807) is 6.07 Å². The summed E-state index contributed by atoms with van der Waals surface area (Å²) >= 11 is 0. The molecule has 1 amide bonds. The van der Waals surface area contributed by atoms with Gasteiger partial charge in [-0.05, 0) is 30.2 Å². The molecule has 0 bridgehead atoms. The van der Waals surface area contributed by atoms with Crippen LogP contribution in [0.25, 0.3) is 0 Å². The standard InChI is InChI=1S/C14H16N2O4/c15-16-14(18)11-7-13(19-8-11)9-20-12-3-1-10(2-4-12)5-6-17/h1-4,7-8,17H,5-6,9,15H2,(H,16,18). The van der Waals surface area contributed by atoms with Gasteiger partial charge in [0.25, 0.3) is 5.91 Å². The molecule has 0 fully saturated rings. The van der Waals surface area contributed by atoms with Gasteiger partial charge in [-0.25, -0.2) is 5.84 Å². The molecule has 20 heavy (non-hydrogen) atoms. The number of nitrogens with one attached hydrogen (secondary N) is 1. The highest BCUT2D eigenvalue weighted by molar-refractivity contribution is 5.93. The summed E-state index contributed by atoms with van der Waals surface area (Å²) in [5, 5.41) is 8.82. The van der Waals surface area contributed by atoms with Crippen molar-refractivity contribution in [3.8, 4) is 5.75 Å². The summed E-state index contributed by atoms with van der Waals surface area (Å²) in [4.78, 5) is 11.2. The van der Waals surface area contributed by atoms with E-state index in [1.807, 2.05) is 29.7 Å². The number of aliphatic hydroxyl groups excluding tert-OH is 1. The van der Waals surface area contributed by atoms with Crippen molar-refractivity contribution in [3.63, 3.8) is 0 Å². The molecule has 0 aliphatic carbocycles. The van der Waals surface area contributed by atoms with E-state index >= 15 is 0 Å². The highest BCUT2D eigenvalue weighted by Gasteiger charge is 2.09. The van der Waals surface area contributed by atoms with Gasteiger partial charge in [-0.15, -0.1) is 0 Å². The van der Waals surface area contributed by atoms with Crippen LogP contribution in [0.15, 0.2) is 41.0 Å². The van der Waals surface area contributed by atoms with Crippen molar-refractivity contribution in [3.05, 3.63) is 53.5 Å². The highest BCUT2D eigenvalue weighted by atomic mass is 16.5. The zero-order valence-electron chi connectivity index (χ0n) is 10.8. The summed E-state index contributed by atoms with van der Waals surface area (Å²) in [5.74, 6) is 5.84. The lowest BCUT2D eigenvalue weighted by atomic mass is 10.1. The van der Waals surface area contributed by atoms with Crippen LogP contribution in [-0.4, -0.2) is 17.6 Å². The number of aliphatic hydroxyl groups is 1. The lowest BCUT2D eigenvalue weighted by Crippen LogP contribution is -2.29. The fraction of sp³-hybridized carbons (Fsp3) is 0.214. The Balaban J connectivity index is 1.91. The number of rotatable bonds is 6. The quantitative estimate of drug-likeness (QED) is 0.415. The van der Waals surface area contributed by atoms with Crippen LogP contribution >= 0.6 is 0 Å². The second-order valence-electron chi connectivity index (χ2n) is 4.18. The molecule has 1 heterocycles. The molecule has 2 rings (SSSR count). The maximum absolute atomic E-state index is 11.2. The van der Waals surface area contributed by atoms with Gasteiger partial charge in [-0.2, -0.15) is 0 Å². The summed E-state index contributed by atoms with van der Waals surface area (Å²) in [7, 11) is 0. The summed E-state index contributed by atoms with van der Waals surface area (Å²) < 4.78 is 10.7. The first-order valence-electron chi connectivity index (χ1n) is 6.14. The van der Waals surface area contributed by atoms with Crippen LogP contribution < -0.4 is 16.0 Å². The second kappa shape index (κ2) is 6.74. The van der Waals surface area contributed by atoms with E-state index < -0.39 is 5.91 Å². The monoisotopic (exact) mass is 276 g/mol. The number of hydrogen-bond donors (Lipinski definition) is 3. The Kier molecular flexibility index (Phi) is 4.75. The lowest BCUT2D eigenvalue weighted by molar-refractivity contribution is 0.0953. The zero-order chi connectivity index (χ0) is 14.4. The van der Waals surface area contributed by atoms with Gasteiger partial charge in [-0.1, -0.05) is 12.1 Å². The number of carbonyl (C=O) groups excluding carboxylic acids is 1. The maximum Gasteiger partial charge on any atom is 0.268 e. The van der Waals surface area contributed by atoms with Crippen molar-refractivity contribution >= 4 is 5.91 Å². The zero-order valence-corrected chi connectivity index (χ0v) is 10.8. The Labute approximate surface area is 116 Å². The Morgan fingerprint density at radius 2 is 2.10 bits per heavy atom. The molecule has 4 N–H and O–H groups in total. The van der Waals surface area contributed by atoms with Gasteiger partial charge in [0, 0.05) is 6.61 Å². The summed E-state index contributed by atoms with van der Waals surface area (Å²) in [5.41, 5.74) is 3.42. The molecule has 106 valence electrons. The van der Waals surface area contributed by atoms with Gasteiger partial charge in [0.15, 0.2) is 0 Å². The van der Waals surface area contributed by atoms with E-state index in [9.17, 15) is 4.79 Å². The molecule has 0 aliphatic rings. The first-order valence-corrected chi connectivity index (χ1v) is 6.14.